The first-order valence-electron chi connectivity index (χ1n) is 16.1. The molecule has 0 radical (unpaired) electrons. The highest BCUT2D eigenvalue weighted by molar-refractivity contribution is 9.08. The number of benzene rings is 1. The van der Waals surface area contributed by atoms with Gasteiger partial charge < -0.3 is 28.9 Å². The quantitative estimate of drug-likeness (QED) is 0.142. The number of nitro groups is 1. The second-order valence-electron chi connectivity index (χ2n) is 14.8. The maximum absolute atomic E-state index is 13.3. The molecule has 0 aliphatic carbocycles. The van der Waals surface area contributed by atoms with E-state index in [9.17, 15) is 24.5 Å². The zero-order valence-electron chi connectivity index (χ0n) is 29.6. The van der Waals surface area contributed by atoms with Crippen LogP contribution in [0.4, 0.5) is 20.1 Å². The third-order valence-electron chi connectivity index (χ3n) is 6.85. The fraction of sp³-hybridized carbons (Fsp3) is 0.727. The number of carbonyl (C=O) groups excluding carboxylic acids is 3. The zero-order valence-corrected chi connectivity index (χ0v) is 31.2. The van der Waals surface area contributed by atoms with E-state index in [1.54, 1.807) is 68.4 Å². The van der Waals surface area contributed by atoms with Crippen LogP contribution in [0.3, 0.4) is 0 Å². The summed E-state index contributed by atoms with van der Waals surface area (Å²) in [6.07, 6.45) is -0.426. The molecule has 1 aliphatic heterocycles. The monoisotopic (exact) mass is 727 g/mol. The topological polar surface area (TPSA) is 135 Å². The average Bonchev–Trinajstić information content (AvgIpc) is 2.91. The highest BCUT2D eigenvalue weighted by atomic mass is 79.9. The van der Waals surface area contributed by atoms with Crippen molar-refractivity contribution in [1.82, 2.24) is 19.6 Å². The molecule has 266 valence electrons. The maximum Gasteiger partial charge on any atom is 0.410 e. The average molecular weight is 729 g/mol. The van der Waals surface area contributed by atoms with Crippen LogP contribution in [0.2, 0.25) is 0 Å². The zero-order chi connectivity index (χ0) is 35.6. The van der Waals surface area contributed by atoms with Crippen LogP contribution < -0.4 is 0 Å². The van der Waals surface area contributed by atoms with Crippen molar-refractivity contribution >= 4 is 39.9 Å². The largest absolute Gasteiger partial charge is 0.444 e. The van der Waals surface area contributed by atoms with Gasteiger partial charge in [-0.25, -0.2) is 14.4 Å². The van der Waals surface area contributed by atoms with E-state index in [0.717, 1.165) is 11.1 Å². The lowest BCUT2D eigenvalue weighted by Gasteiger charge is -2.34. The second kappa shape index (κ2) is 17.3. The summed E-state index contributed by atoms with van der Waals surface area (Å²) in [6.45, 7) is 19.4. The molecule has 0 atom stereocenters. The molecule has 14 heteroatoms. The Labute approximate surface area is 288 Å². The first-order chi connectivity index (χ1) is 21.7. The van der Waals surface area contributed by atoms with E-state index in [1.807, 2.05) is 26.8 Å². The van der Waals surface area contributed by atoms with Crippen molar-refractivity contribution in [2.24, 2.45) is 0 Å². The van der Waals surface area contributed by atoms with Gasteiger partial charge in [0.25, 0.3) is 5.69 Å². The minimum absolute atomic E-state index is 0.0139. The van der Waals surface area contributed by atoms with E-state index in [2.05, 4.69) is 20.8 Å². The first kappa shape index (κ1) is 40.0. The van der Waals surface area contributed by atoms with Crippen LogP contribution in [0.15, 0.2) is 18.2 Å². The number of amides is 3. The number of nitrogens with zero attached hydrogens (tertiary/aromatic N) is 5. The lowest BCUT2D eigenvalue weighted by atomic mass is 10.1. The molecule has 1 aromatic carbocycles. The predicted octanol–water partition coefficient (Wildman–Crippen LogP) is 6.80. The van der Waals surface area contributed by atoms with Gasteiger partial charge in [0.05, 0.1) is 4.92 Å². The van der Waals surface area contributed by atoms with Crippen molar-refractivity contribution in [2.45, 2.75) is 104 Å². The lowest BCUT2D eigenvalue weighted by molar-refractivity contribution is -0.385. The smallest absolute Gasteiger partial charge is 0.410 e. The van der Waals surface area contributed by atoms with Crippen LogP contribution in [0.25, 0.3) is 0 Å². The van der Waals surface area contributed by atoms with E-state index >= 15 is 0 Å². The lowest BCUT2D eigenvalue weighted by Crippen LogP contribution is -2.47. The van der Waals surface area contributed by atoms with Crippen LogP contribution in [0.1, 0.15) is 86.3 Å². The Balaban J connectivity index is 2.42. The summed E-state index contributed by atoms with van der Waals surface area (Å²) in [4.78, 5) is 57.9. The summed E-state index contributed by atoms with van der Waals surface area (Å²) in [7, 11) is 0. The van der Waals surface area contributed by atoms with Crippen molar-refractivity contribution in [3.8, 4) is 0 Å². The molecule has 1 fully saturated rings. The van der Waals surface area contributed by atoms with E-state index in [1.165, 1.54) is 0 Å². The van der Waals surface area contributed by atoms with Gasteiger partial charge in [-0.3, -0.25) is 15.0 Å². The van der Waals surface area contributed by atoms with Gasteiger partial charge in [-0.05, 0) is 86.3 Å². The number of nitro benzene ring substituents is 1. The van der Waals surface area contributed by atoms with Gasteiger partial charge >= 0.3 is 18.3 Å². The summed E-state index contributed by atoms with van der Waals surface area (Å²) in [6, 6.07) is 5.04. The molecule has 3 amide bonds. The Morgan fingerprint density at radius 3 is 1.43 bits per heavy atom. The van der Waals surface area contributed by atoms with Gasteiger partial charge in [0, 0.05) is 76.4 Å². The number of alkyl halides is 1. The predicted molar refractivity (Wildman–Crippen MR) is 184 cm³/mol. The van der Waals surface area contributed by atoms with E-state index in [0.29, 0.717) is 64.0 Å². The molecule has 0 unspecified atom stereocenters. The van der Waals surface area contributed by atoms with Crippen molar-refractivity contribution < 1.29 is 33.5 Å². The molecule has 2 rings (SSSR count). The fourth-order valence-electron chi connectivity index (χ4n) is 4.85. The van der Waals surface area contributed by atoms with Crippen LogP contribution in [-0.2, 0) is 26.1 Å². The summed E-state index contributed by atoms with van der Waals surface area (Å²) in [5.41, 5.74) is -0.527. The van der Waals surface area contributed by atoms with E-state index in [-0.39, 0.29) is 18.8 Å². The van der Waals surface area contributed by atoms with Gasteiger partial charge in [-0.1, -0.05) is 22.0 Å². The Hall–Kier alpha value is -3.13. The number of rotatable bonds is 4. The normalized spacial score (nSPS) is 16.7. The molecule has 0 N–H and O–H groups in total. The maximum atomic E-state index is 13.3. The summed E-state index contributed by atoms with van der Waals surface area (Å²) >= 11 is 3.41. The number of halogens is 1. The summed E-state index contributed by atoms with van der Waals surface area (Å²) < 4.78 is 17.1. The molecule has 47 heavy (non-hydrogen) atoms. The molecule has 0 aromatic heterocycles. The standard InChI is InChI=1S/C33H54BrN5O8/c1-31(2,3)45-28(40)36-14-11-15-38(30(42)47-33(7,8)9)19-18-37(29(41)46-32(4,5)6)13-10-12-35(16-17-36)24-26-20-25(23-34)21-27(22-26)39(43)44/h20-22H,10-19,23-24H2,1-9H3. The van der Waals surface area contributed by atoms with Crippen LogP contribution >= 0.6 is 15.9 Å². The van der Waals surface area contributed by atoms with Crippen LogP contribution in [-0.4, -0.2) is 112 Å². The van der Waals surface area contributed by atoms with Crippen LogP contribution in [0, 0.1) is 10.1 Å². The first-order valence-corrected chi connectivity index (χ1v) is 17.3. The van der Waals surface area contributed by atoms with Gasteiger partial charge in [0.1, 0.15) is 16.8 Å². The number of hydrogen-bond donors (Lipinski definition) is 0. The number of non-ortho nitro benzene ring substituents is 1. The summed E-state index contributed by atoms with van der Waals surface area (Å²) in [5.74, 6) is 0. The molecule has 1 aliphatic rings. The van der Waals surface area contributed by atoms with Crippen molar-refractivity contribution in [2.75, 3.05) is 52.4 Å². The highest BCUT2D eigenvalue weighted by Crippen LogP contribution is 2.21. The van der Waals surface area contributed by atoms with E-state index in [4.69, 9.17) is 14.2 Å². The molecule has 0 saturated carbocycles. The Kier molecular flexibility index (Phi) is 14.8. The molecule has 1 saturated heterocycles. The number of ether oxygens (including phenoxy) is 3. The molecule has 0 bridgehead atoms. The van der Waals surface area contributed by atoms with Gasteiger partial charge in [0.15, 0.2) is 0 Å². The third-order valence-corrected chi connectivity index (χ3v) is 7.50. The Morgan fingerprint density at radius 1 is 0.660 bits per heavy atom. The second-order valence-corrected chi connectivity index (χ2v) is 15.3. The Bertz CT molecular complexity index is 1220. The number of carbonyl (C=O) groups is 3. The fourth-order valence-corrected chi connectivity index (χ4v) is 5.17. The molecule has 13 nitrogen and oxygen atoms in total. The number of hydrogen-bond acceptors (Lipinski definition) is 9. The minimum atomic E-state index is -0.707. The molecular weight excluding hydrogens is 674 g/mol. The van der Waals surface area contributed by atoms with E-state index < -0.39 is 40.0 Å². The van der Waals surface area contributed by atoms with Gasteiger partial charge in [-0.2, -0.15) is 0 Å². The third kappa shape index (κ3) is 15.5. The molecule has 1 aromatic rings. The Morgan fingerprint density at radius 2 is 1.04 bits per heavy atom. The van der Waals surface area contributed by atoms with Crippen LogP contribution in [0.5, 0.6) is 0 Å². The van der Waals surface area contributed by atoms with Gasteiger partial charge in [0.2, 0.25) is 0 Å². The van der Waals surface area contributed by atoms with Gasteiger partial charge in [-0.15, -0.1) is 0 Å². The summed E-state index contributed by atoms with van der Waals surface area (Å²) in [5, 5.41) is 12.1. The van der Waals surface area contributed by atoms with Crippen molar-refractivity contribution in [3.63, 3.8) is 0 Å². The SMILES string of the molecule is CC(C)(C)OC(=O)N1CCCN(C(=O)OC(C)(C)C)CCN(C(=O)OC(C)(C)C)CCCN(Cc2cc(CBr)cc([N+](=O)[O-])c2)CC1. The molecular formula is C33H54BrN5O8. The highest BCUT2D eigenvalue weighted by Gasteiger charge is 2.28. The molecule has 1 heterocycles. The molecule has 0 spiro atoms. The van der Waals surface area contributed by atoms with Crippen molar-refractivity contribution in [3.05, 3.63) is 39.4 Å². The van der Waals surface area contributed by atoms with Crippen molar-refractivity contribution in [1.29, 1.82) is 0 Å². The minimum Gasteiger partial charge on any atom is -0.444 e.